The third-order valence-corrected chi connectivity index (χ3v) is 6.61. The van der Waals surface area contributed by atoms with Crippen molar-refractivity contribution in [3.8, 4) is 11.5 Å². The highest BCUT2D eigenvalue weighted by Crippen LogP contribution is 2.21. The fraction of sp³-hybridized carbons (Fsp3) is 0.250. The molecule has 41 heavy (non-hydrogen) atoms. The number of para-hydroxylation sites is 2. The Morgan fingerprint density at radius 2 is 1.22 bits per heavy atom. The Bertz CT molecular complexity index is 1610. The first-order valence-corrected chi connectivity index (χ1v) is 12.9. The minimum atomic E-state index is 0.0259. The van der Waals surface area contributed by atoms with Crippen LogP contribution in [0.25, 0.3) is 0 Å². The summed E-state index contributed by atoms with van der Waals surface area (Å²) in [4.78, 5) is 32.7. The maximum absolute atomic E-state index is 11.5. The largest absolute Gasteiger partial charge is 0.507 e. The number of ketones is 2. The van der Waals surface area contributed by atoms with E-state index in [1.807, 2.05) is 52.8 Å². The van der Waals surface area contributed by atoms with Gasteiger partial charge < -0.3 is 16.1 Å². The van der Waals surface area contributed by atoms with Crippen molar-refractivity contribution in [3.05, 3.63) is 105 Å². The number of aldehydes is 1. The van der Waals surface area contributed by atoms with Crippen molar-refractivity contribution in [2.45, 2.75) is 55.4 Å². The Hall–Kier alpha value is -4.92. The number of hydrogen-bond donors (Lipinski definition) is 3. The number of nitrogen functional groups attached to an aromatic ring is 1. The van der Waals surface area contributed by atoms with Gasteiger partial charge in [0, 0.05) is 39.5 Å². The molecule has 4 aromatic rings. The van der Waals surface area contributed by atoms with E-state index in [0.29, 0.717) is 28.5 Å². The second kappa shape index (κ2) is 13.9. The van der Waals surface area contributed by atoms with Crippen molar-refractivity contribution in [3.63, 3.8) is 0 Å². The van der Waals surface area contributed by atoms with E-state index < -0.39 is 0 Å². The van der Waals surface area contributed by atoms with Crippen LogP contribution >= 0.6 is 0 Å². The number of carbonyl (C=O) groups excluding carboxylic acids is 3. The molecule has 4 rings (SSSR count). The summed E-state index contributed by atoms with van der Waals surface area (Å²) in [5.74, 6) is 6.00. The number of nitrogens with two attached hydrogens (primary N) is 1. The van der Waals surface area contributed by atoms with E-state index in [1.54, 1.807) is 62.0 Å². The Kier molecular flexibility index (Phi) is 11.0. The second-order valence-electron chi connectivity index (χ2n) is 9.75. The van der Waals surface area contributed by atoms with E-state index in [0.717, 1.165) is 33.9 Å². The number of aromatic nitrogens is 2. The molecule has 0 saturated carbocycles. The lowest BCUT2D eigenvalue weighted by Gasteiger charge is -2.04. The first-order chi connectivity index (χ1) is 19.2. The third kappa shape index (κ3) is 7.82. The molecule has 4 N–H and O–H groups in total. The topological polar surface area (TPSA) is 140 Å². The summed E-state index contributed by atoms with van der Waals surface area (Å²) in [6.07, 6.45) is 2.24. The Morgan fingerprint density at radius 1 is 0.756 bits per heavy atom. The zero-order valence-corrected chi connectivity index (χ0v) is 24.8. The van der Waals surface area contributed by atoms with Crippen LogP contribution in [0.2, 0.25) is 0 Å². The minimum Gasteiger partial charge on any atom is -0.507 e. The number of nitrogens with zero attached hydrogens (tertiary/aromatic N) is 3. The molecule has 0 fully saturated rings. The second-order valence-corrected chi connectivity index (χ2v) is 9.75. The molecule has 9 heteroatoms. The normalized spacial score (nSPS) is 10.4. The van der Waals surface area contributed by atoms with E-state index >= 15 is 0 Å². The lowest BCUT2D eigenvalue weighted by atomic mass is 10.1. The Labute approximate surface area is 240 Å². The average molecular weight is 559 g/mol. The van der Waals surface area contributed by atoms with Gasteiger partial charge in [-0.3, -0.25) is 19.1 Å². The van der Waals surface area contributed by atoms with Crippen molar-refractivity contribution in [2.75, 3.05) is 5.84 Å². The van der Waals surface area contributed by atoms with Gasteiger partial charge >= 0.3 is 0 Å². The molecule has 0 atom stereocenters. The summed E-state index contributed by atoms with van der Waals surface area (Å²) in [6, 6.07) is 14.2. The number of rotatable bonds is 5. The molecule has 2 aromatic carbocycles. The first-order valence-electron chi connectivity index (χ1n) is 12.9. The van der Waals surface area contributed by atoms with Gasteiger partial charge in [0.15, 0.2) is 17.9 Å². The molecule has 0 saturated heterocycles. The van der Waals surface area contributed by atoms with Gasteiger partial charge in [-0.05, 0) is 90.8 Å². The summed E-state index contributed by atoms with van der Waals surface area (Å²) in [6.45, 7) is 14.1. The van der Waals surface area contributed by atoms with Crippen LogP contribution in [0.4, 0.5) is 0 Å². The average Bonchev–Trinajstić information content (AvgIpc) is 3.36. The van der Waals surface area contributed by atoms with Crippen molar-refractivity contribution in [1.82, 2.24) is 9.35 Å². The molecule has 0 aliphatic heterocycles. The van der Waals surface area contributed by atoms with Crippen LogP contribution in [0.15, 0.2) is 53.6 Å². The van der Waals surface area contributed by atoms with Gasteiger partial charge in [-0.1, -0.05) is 24.3 Å². The predicted octanol–water partition coefficient (Wildman–Crippen LogP) is 5.74. The van der Waals surface area contributed by atoms with E-state index in [4.69, 9.17) is 10.9 Å². The van der Waals surface area contributed by atoms with Crippen LogP contribution in [-0.4, -0.2) is 43.6 Å². The van der Waals surface area contributed by atoms with Gasteiger partial charge in [-0.2, -0.15) is 5.10 Å². The standard InChI is InChI=1S/C16H18N2O2.C8H12N2O.C8H8O2/c1-10-6-5-7-14(16(10)20)9-17-18-11(2)8-15(12(18)3)13(4)19;1-5-4-8(7(3)11)6(2)10(5)9;1-6-3-2-4-7(5-9)8(6)10/h5-9,20H,1-4H3;4H,9H2,1-3H3;2-5,10H,1H3/b17-9+;;. The van der Waals surface area contributed by atoms with Gasteiger partial charge in [0.05, 0.1) is 11.8 Å². The summed E-state index contributed by atoms with van der Waals surface area (Å²) in [5.41, 5.74) is 7.35. The van der Waals surface area contributed by atoms with Crippen molar-refractivity contribution >= 4 is 24.1 Å². The molecule has 0 radical (unpaired) electrons. The maximum atomic E-state index is 11.5. The lowest BCUT2D eigenvalue weighted by molar-refractivity contribution is 0.100. The van der Waals surface area contributed by atoms with E-state index in [9.17, 15) is 19.5 Å². The maximum Gasteiger partial charge on any atom is 0.161 e. The summed E-state index contributed by atoms with van der Waals surface area (Å²) >= 11 is 0. The molecule has 216 valence electrons. The summed E-state index contributed by atoms with van der Waals surface area (Å²) in [5, 5.41) is 23.5. The number of phenolic OH excluding ortho intramolecular Hbond substituents is 2. The summed E-state index contributed by atoms with van der Waals surface area (Å²) in [7, 11) is 0. The van der Waals surface area contributed by atoms with Gasteiger partial charge in [0.2, 0.25) is 0 Å². The number of Topliss-reactive ketones (excluding diaryl/α,β-unsaturated/α-hetero) is 2. The Morgan fingerprint density at radius 3 is 1.61 bits per heavy atom. The number of phenols is 2. The van der Waals surface area contributed by atoms with Gasteiger partial charge in [0.25, 0.3) is 0 Å². The zero-order valence-electron chi connectivity index (χ0n) is 24.8. The lowest BCUT2D eigenvalue weighted by Crippen LogP contribution is -2.12. The molecule has 0 spiro atoms. The monoisotopic (exact) mass is 558 g/mol. The number of hydrogen-bond acceptors (Lipinski definition) is 7. The van der Waals surface area contributed by atoms with Crippen LogP contribution < -0.4 is 5.84 Å². The molecule has 0 aliphatic carbocycles. The van der Waals surface area contributed by atoms with Gasteiger partial charge in [-0.25, -0.2) is 4.68 Å². The Balaban J connectivity index is 0.000000236. The zero-order chi connectivity index (χ0) is 31.0. The number of carbonyl (C=O) groups is 3. The molecule has 0 bridgehead atoms. The highest BCUT2D eigenvalue weighted by Gasteiger charge is 2.12. The predicted molar refractivity (Wildman–Crippen MR) is 162 cm³/mol. The molecule has 0 aliphatic rings. The highest BCUT2D eigenvalue weighted by molar-refractivity contribution is 5.96. The van der Waals surface area contributed by atoms with Gasteiger partial charge in [0.1, 0.15) is 11.5 Å². The fourth-order valence-corrected chi connectivity index (χ4v) is 4.10. The molecule has 0 unspecified atom stereocenters. The van der Waals surface area contributed by atoms with E-state index in [2.05, 4.69) is 5.10 Å². The van der Waals surface area contributed by atoms with Crippen LogP contribution in [0.1, 0.15) is 84.4 Å². The number of benzene rings is 2. The minimum absolute atomic E-state index is 0.0259. The van der Waals surface area contributed by atoms with Crippen LogP contribution in [0.3, 0.4) is 0 Å². The molecule has 9 nitrogen and oxygen atoms in total. The third-order valence-electron chi connectivity index (χ3n) is 6.61. The molecular weight excluding hydrogens is 520 g/mol. The first kappa shape index (κ1) is 32.3. The van der Waals surface area contributed by atoms with Crippen molar-refractivity contribution < 1.29 is 24.6 Å². The van der Waals surface area contributed by atoms with Crippen LogP contribution in [0, 0.1) is 41.5 Å². The van der Waals surface area contributed by atoms with E-state index in [1.165, 1.54) is 4.68 Å². The SMILES string of the molecule is CC(=O)c1cc(C)n(/N=C/c2cccc(C)c2O)c1C.CC(=O)c1cc(C)n(N)c1C.Cc1cccc(C=O)c1O. The molecule has 2 heterocycles. The van der Waals surface area contributed by atoms with Crippen LogP contribution in [0.5, 0.6) is 11.5 Å². The smallest absolute Gasteiger partial charge is 0.161 e. The highest BCUT2D eigenvalue weighted by atomic mass is 16.3. The van der Waals surface area contributed by atoms with Gasteiger partial charge in [-0.15, -0.1) is 0 Å². The van der Waals surface area contributed by atoms with Crippen molar-refractivity contribution in [1.29, 1.82) is 0 Å². The van der Waals surface area contributed by atoms with Crippen LogP contribution in [-0.2, 0) is 0 Å². The van der Waals surface area contributed by atoms with Crippen molar-refractivity contribution in [2.24, 2.45) is 5.10 Å². The quantitative estimate of drug-likeness (QED) is 0.124. The number of aryl methyl sites for hydroxylation is 4. The fourth-order valence-electron chi connectivity index (χ4n) is 4.10. The molecule has 2 aromatic heterocycles. The summed E-state index contributed by atoms with van der Waals surface area (Å²) < 4.78 is 3.23. The molecular formula is C32H38N4O5. The number of aromatic hydroxyl groups is 2. The molecule has 0 amide bonds. The van der Waals surface area contributed by atoms with E-state index in [-0.39, 0.29) is 23.1 Å².